The summed E-state index contributed by atoms with van der Waals surface area (Å²) in [5.74, 6) is -2.50. The molecular weight excluding hydrogens is 972 g/mol. The maximum Gasteiger partial charge on any atom is 0.239 e. The third-order valence-corrected chi connectivity index (χ3v) is 13.4. The molecule has 27 nitrogen and oxygen atoms in total. The number of ether oxygens (including phenoxy) is 10. The maximum atomic E-state index is 14.7. The molecule has 8 rings (SSSR count). The van der Waals surface area contributed by atoms with Gasteiger partial charge in [-0.3, -0.25) is 4.79 Å². The van der Waals surface area contributed by atoms with Crippen molar-refractivity contribution in [3.63, 3.8) is 0 Å². The number of aliphatic hydroxyl groups is 13. The van der Waals surface area contributed by atoms with E-state index in [0.29, 0.717) is 0 Å². The summed E-state index contributed by atoms with van der Waals surface area (Å²) in [4.78, 5) is 14.7. The molecule has 5 aliphatic rings. The van der Waals surface area contributed by atoms with Gasteiger partial charge in [0.05, 0.1) is 31.0 Å². The largest absolute Gasteiger partial charge is 0.508 e. The van der Waals surface area contributed by atoms with Crippen LogP contribution >= 0.6 is 0 Å². The predicted octanol–water partition coefficient (Wildman–Crippen LogP) is -5.19. The average Bonchev–Trinajstić information content (AvgIpc) is 3.34. The number of fused-ring (bicyclic) bond motifs is 1. The fourth-order valence-corrected chi connectivity index (χ4v) is 8.93. The van der Waals surface area contributed by atoms with E-state index in [1.807, 2.05) is 0 Å². The number of hydrogen-bond acceptors (Lipinski definition) is 27. The molecule has 6 heterocycles. The molecule has 0 radical (unpaired) electrons. The zero-order valence-corrected chi connectivity index (χ0v) is 38.7. The molecule has 0 amide bonds. The standard InChI is InChI=1S/C45H60O27/c1-12-23(48)29(54)33(58)41(63-12)62-11-21-27(52)32(57)40(72-44-36(61)38(26(51)15(4)66-44)70-43-35(60)31(56)25(50)14(3)65-43)45(69-21)71-39-28(53)22-19(47)9-18(67-42-34(59)30(55)24(49)13(2)64-42)10-20(22)68-37(39)16-5-7-17(46)8-6-16/h5-10,12-15,21,23-27,29-36,38,40-52,54-61H,11H2,1-4H3/t12-,13+,14+,15+,21-,23-,24+,25+,26+,27-,29+,30-,31-,32+,33+,34-,35-,36-,38-,40-,41+,42+,43+,44+,45+/m1/s1. The summed E-state index contributed by atoms with van der Waals surface area (Å²) in [5, 5.41) is 161. The number of hydrogen-bond donors (Lipinski definition) is 15. The van der Waals surface area contributed by atoms with Gasteiger partial charge in [-0.2, -0.15) is 0 Å². The molecule has 402 valence electrons. The van der Waals surface area contributed by atoms with Gasteiger partial charge in [0.2, 0.25) is 23.8 Å². The number of phenolic OH excluding ortho intramolecular Hbond substituents is 2. The number of rotatable bonds is 12. The Hall–Kier alpha value is -3.99. The number of aromatic hydroxyl groups is 2. The minimum atomic E-state index is -2.16. The minimum absolute atomic E-state index is 0.0320. The van der Waals surface area contributed by atoms with E-state index in [1.54, 1.807) is 0 Å². The normalized spacial score (nSPS) is 43.9. The molecule has 0 spiro atoms. The van der Waals surface area contributed by atoms with Gasteiger partial charge in [-0.25, -0.2) is 0 Å². The molecule has 5 fully saturated rings. The Morgan fingerprint density at radius 2 is 0.986 bits per heavy atom. The van der Waals surface area contributed by atoms with E-state index < -0.39 is 188 Å². The van der Waals surface area contributed by atoms with Crippen molar-refractivity contribution in [1.82, 2.24) is 0 Å². The van der Waals surface area contributed by atoms with Gasteiger partial charge in [0, 0.05) is 17.7 Å². The Kier molecular flexibility index (Phi) is 16.4. The zero-order chi connectivity index (χ0) is 52.4. The van der Waals surface area contributed by atoms with Gasteiger partial charge in [-0.05, 0) is 52.0 Å². The highest BCUT2D eigenvalue weighted by molar-refractivity contribution is 5.88. The van der Waals surface area contributed by atoms with Crippen LogP contribution in [0.5, 0.6) is 23.0 Å². The van der Waals surface area contributed by atoms with Crippen LogP contribution in [0.1, 0.15) is 27.7 Å². The summed E-state index contributed by atoms with van der Waals surface area (Å²) in [5.41, 5.74) is -1.48. The first kappa shape index (κ1) is 54.3. The molecule has 72 heavy (non-hydrogen) atoms. The van der Waals surface area contributed by atoms with Crippen LogP contribution in [0.25, 0.3) is 22.3 Å². The number of aliphatic hydroxyl groups excluding tert-OH is 13. The summed E-state index contributed by atoms with van der Waals surface area (Å²) in [6.45, 7) is 4.73. The van der Waals surface area contributed by atoms with Crippen molar-refractivity contribution in [1.29, 1.82) is 0 Å². The van der Waals surface area contributed by atoms with Crippen molar-refractivity contribution in [3.05, 3.63) is 46.6 Å². The lowest BCUT2D eigenvalue weighted by atomic mass is 9.96. The average molecular weight is 1030 g/mol. The molecule has 3 aromatic rings. The van der Waals surface area contributed by atoms with E-state index in [-0.39, 0.29) is 22.6 Å². The molecule has 0 unspecified atom stereocenters. The monoisotopic (exact) mass is 1030 g/mol. The summed E-state index contributed by atoms with van der Waals surface area (Å²) >= 11 is 0. The van der Waals surface area contributed by atoms with Crippen molar-refractivity contribution in [2.45, 2.75) is 181 Å². The molecule has 25 atom stereocenters. The second-order valence-corrected chi connectivity index (χ2v) is 18.5. The molecule has 15 N–H and O–H groups in total. The third-order valence-electron chi connectivity index (χ3n) is 13.4. The lowest BCUT2D eigenvalue weighted by Crippen LogP contribution is -2.66. The number of benzene rings is 2. The van der Waals surface area contributed by atoms with Gasteiger partial charge >= 0.3 is 0 Å². The highest BCUT2D eigenvalue weighted by atomic mass is 16.8. The molecule has 2 aromatic carbocycles. The van der Waals surface area contributed by atoms with E-state index in [4.69, 9.17) is 51.8 Å². The van der Waals surface area contributed by atoms with Crippen LogP contribution in [0, 0.1) is 0 Å². The van der Waals surface area contributed by atoms with Crippen LogP contribution in [-0.2, 0) is 37.9 Å². The van der Waals surface area contributed by atoms with E-state index in [0.717, 1.165) is 12.1 Å². The molecule has 0 saturated carbocycles. The fourth-order valence-electron chi connectivity index (χ4n) is 8.93. The summed E-state index contributed by atoms with van der Waals surface area (Å²) in [6, 6.07) is 7.09. The maximum absolute atomic E-state index is 14.7. The first-order chi connectivity index (χ1) is 34.0. The lowest BCUT2D eigenvalue weighted by molar-refractivity contribution is -0.378. The van der Waals surface area contributed by atoms with Gasteiger partial charge in [0.25, 0.3) is 0 Å². The highest BCUT2D eigenvalue weighted by Crippen LogP contribution is 2.40. The SMILES string of the molecule is C[C@@H]1O[C@@H](Oc2cc(O)c3c(=O)c(O[C@@H]4O[C@H](CO[C@H]5O[C@H](C)[C@@H](O)[C@H](O)[C@@H]5O)[C@@H](O)[C@H](O)[C@H]4O[C@@H]4O[C@@H](C)[C@H](O)[C@@H](O[C@@H]5O[C@@H](C)[C@H](O)[C@@H](O)[C@H]5O)[C@H]4O)c(-c4ccc(O)cc4)oc3c2)[C@H](O)[C@H](O)[C@H]1O. The smallest absolute Gasteiger partial charge is 0.239 e. The first-order valence-corrected chi connectivity index (χ1v) is 23.0. The third kappa shape index (κ3) is 10.5. The quantitative estimate of drug-likeness (QED) is 0.0806. The first-order valence-electron chi connectivity index (χ1n) is 23.0. The molecular formula is C45H60O27. The molecule has 5 aliphatic heterocycles. The lowest BCUT2D eigenvalue weighted by Gasteiger charge is -2.48. The van der Waals surface area contributed by atoms with E-state index >= 15 is 0 Å². The Balaban J connectivity index is 1.15. The van der Waals surface area contributed by atoms with Crippen LogP contribution in [0.2, 0.25) is 0 Å². The van der Waals surface area contributed by atoms with Crippen LogP contribution in [-0.4, -0.2) is 237 Å². The van der Waals surface area contributed by atoms with Crippen molar-refractivity contribution in [2.24, 2.45) is 0 Å². The minimum Gasteiger partial charge on any atom is -0.508 e. The second-order valence-electron chi connectivity index (χ2n) is 18.5. The second kappa shape index (κ2) is 21.7. The van der Waals surface area contributed by atoms with Crippen molar-refractivity contribution in [2.75, 3.05) is 6.61 Å². The zero-order valence-electron chi connectivity index (χ0n) is 38.7. The Morgan fingerprint density at radius 1 is 0.486 bits per heavy atom. The van der Waals surface area contributed by atoms with E-state index in [2.05, 4.69) is 0 Å². The Labute approximate surface area is 407 Å². The molecule has 0 aliphatic carbocycles. The number of phenols is 2. The van der Waals surface area contributed by atoms with Gasteiger partial charge in [-0.15, -0.1) is 0 Å². The van der Waals surface area contributed by atoms with E-state index in [1.165, 1.54) is 52.0 Å². The predicted molar refractivity (Wildman–Crippen MR) is 232 cm³/mol. The van der Waals surface area contributed by atoms with Crippen LogP contribution in [0.3, 0.4) is 0 Å². The Morgan fingerprint density at radius 3 is 1.58 bits per heavy atom. The van der Waals surface area contributed by atoms with Crippen LogP contribution in [0.15, 0.2) is 45.6 Å². The summed E-state index contributed by atoms with van der Waals surface area (Å²) in [6.07, 6.45) is -42.1. The topological polar surface area (TPSA) is 426 Å². The van der Waals surface area contributed by atoms with Crippen molar-refractivity contribution >= 4 is 11.0 Å². The van der Waals surface area contributed by atoms with Crippen LogP contribution in [0.4, 0.5) is 0 Å². The van der Waals surface area contributed by atoms with Gasteiger partial charge in [-0.1, -0.05) is 0 Å². The van der Waals surface area contributed by atoms with Crippen LogP contribution < -0.4 is 14.9 Å². The summed E-state index contributed by atoms with van der Waals surface area (Å²) < 4.78 is 64.1. The molecule has 5 saturated heterocycles. The van der Waals surface area contributed by atoms with Crippen molar-refractivity contribution < 1.29 is 128 Å². The molecule has 1 aromatic heterocycles. The van der Waals surface area contributed by atoms with E-state index in [9.17, 15) is 81.4 Å². The molecule has 27 heteroatoms. The summed E-state index contributed by atoms with van der Waals surface area (Å²) in [7, 11) is 0. The van der Waals surface area contributed by atoms with Gasteiger partial charge < -0.3 is 128 Å². The van der Waals surface area contributed by atoms with Gasteiger partial charge in [0.1, 0.15) is 120 Å². The highest BCUT2D eigenvalue weighted by Gasteiger charge is 2.54. The van der Waals surface area contributed by atoms with Crippen molar-refractivity contribution in [3.8, 4) is 34.3 Å². The van der Waals surface area contributed by atoms with Gasteiger partial charge in [0.15, 0.2) is 30.7 Å². The fraction of sp³-hybridized carbons (Fsp3) is 0.667. The Bertz CT molecular complexity index is 2370. The molecule has 0 bridgehead atoms.